The van der Waals surface area contributed by atoms with Gasteiger partial charge in [-0.05, 0) is 25.5 Å². The van der Waals surface area contributed by atoms with Gasteiger partial charge >= 0.3 is 5.97 Å². The van der Waals surface area contributed by atoms with Gasteiger partial charge < -0.3 is 9.84 Å². The van der Waals surface area contributed by atoms with Crippen LogP contribution in [0, 0.1) is 0 Å². The first-order valence-electron chi connectivity index (χ1n) is 5.49. The van der Waals surface area contributed by atoms with Crippen molar-refractivity contribution in [3.05, 3.63) is 29.6 Å². The first-order chi connectivity index (χ1) is 7.69. The highest BCUT2D eigenvalue weighted by Crippen LogP contribution is 2.13. The van der Waals surface area contributed by atoms with E-state index in [0.29, 0.717) is 5.69 Å². The van der Waals surface area contributed by atoms with Crippen molar-refractivity contribution >= 4 is 5.97 Å². The third-order valence-corrected chi connectivity index (χ3v) is 2.12. The summed E-state index contributed by atoms with van der Waals surface area (Å²) in [5.74, 6) is -0.649. The normalized spacial score (nSPS) is 12.2. The molecule has 0 bridgehead atoms. The largest absolute Gasteiger partial charge is 0.464 e. The van der Waals surface area contributed by atoms with Crippen LogP contribution in [0.3, 0.4) is 0 Å². The van der Waals surface area contributed by atoms with E-state index in [0.717, 1.165) is 18.5 Å². The highest BCUT2D eigenvalue weighted by molar-refractivity contribution is 5.75. The molecule has 4 heteroatoms. The van der Waals surface area contributed by atoms with E-state index < -0.39 is 12.1 Å². The first-order valence-corrected chi connectivity index (χ1v) is 5.49. The lowest BCUT2D eigenvalue weighted by atomic mass is 10.2. The second-order valence-corrected chi connectivity index (χ2v) is 3.46. The zero-order valence-electron chi connectivity index (χ0n) is 9.64. The number of carbonyl (C=O) groups is 1. The molecule has 4 nitrogen and oxygen atoms in total. The summed E-state index contributed by atoms with van der Waals surface area (Å²) in [6, 6.07) is 5.29. The Morgan fingerprint density at radius 1 is 1.50 bits per heavy atom. The Hall–Kier alpha value is -1.42. The maximum Gasteiger partial charge on any atom is 0.341 e. The molecule has 1 unspecified atom stereocenters. The minimum Gasteiger partial charge on any atom is -0.464 e. The predicted octanol–water partition coefficient (Wildman–Crippen LogP) is 1.63. The smallest absolute Gasteiger partial charge is 0.341 e. The van der Waals surface area contributed by atoms with Gasteiger partial charge in [0.05, 0.1) is 12.3 Å². The summed E-state index contributed by atoms with van der Waals surface area (Å²) in [6.45, 7) is 4.01. The van der Waals surface area contributed by atoms with E-state index >= 15 is 0 Å². The van der Waals surface area contributed by atoms with Crippen LogP contribution in [0.1, 0.15) is 37.8 Å². The SMILES string of the molecule is CCCc1cccc(C(O)C(=O)OCC)n1. The lowest BCUT2D eigenvalue weighted by Gasteiger charge is -2.09. The van der Waals surface area contributed by atoms with Crippen LogP contribution in [0.25, 0.3) is 0 Å². The monoisotopic (exact) mass is 223 g/mol. The van der Waals surface area contributed by atoms with Gasteiger partial charge in [-0.2, -0.15) is 0 Å². The minimum absolute atomic E-state index is 0.255. The van der Waals surface area contributed by atoms with Gasteiger partial charge in [0, 0.05) is 5.69 Å². The van der Waals surface area contributed by atoms with Crippen LogP contribution in [0.4, 0.5) is 0 Å². The van der Waals surface area contributed by atoms with Gasteiger partial charge in [-0.25, -0.2) is 4.79 Å². The van der Waals surface area contributed by atoms with Crippen molar-refractivity contribution < 1.29 is 14.6 Å². The average Bonchev–Trinajstić information content (AvgIpc) is 2.29. The molecular weight excluding hydrogens is 206 g/mol. The highest BCUT2D eigenvalue weighted by Gasteiger charge is 2.19. The molecule has 1 heterocycles. The van der Waals surface area contributed by atoms with E-state index in [1.54, 1.807) is 19.1 Å². The third-order valence-electron chi connectivity index (χ3n) is 2.12. The summed E-state index contributed by atoms with van der Waals surface area (Å²) in [5, 5.41) is 9.68. The van der Waals surface area contributed by atoms with E-state index in [4.69, 9.17) is 4.74 Å². The number of nitrogens with zero attached hydrogens (tertiary/aromatic N) is 1. The van der Waals surface area contributed by atoms with E-state index in [9.17, 15) is 9.90 Å². The van der Waals surface area contributed by atoms with Crippen LogP contribution in [0.15, 0.2) is 18.2 Å². The summed E-state index contributed by atoms with van der Waals surface area (Å²) >= 11 is 0. The van der Waals surface area contributed by atoms with Crippen molar-refractivity contribution in [1.29, 1.82) is 0 Å². The lowest BCUT2D eigenvalue weighted by molar-refractivity contribution is -0.153. The maximum atomic E-state index is 11.3. The first kappa shape index (κ1) is 12.6. The summed E-state index contributed by atoms with van der Waals surface area (Å²) < 4.78 is 4.73. The maximum absolute atomic E-state index is 11.3. The molecule has 0 spiro atoms. The molecule has 1 N–H and O–H groups in total. The van der Waals surface area contributed by atoms with Crippen LogP contribution < -0.4 is 0 Å². The fourth-order valence-electron chi connectivity index (χ4n) is 1.39. The number of carbonyl (C=O) groups excluding carboxylic acids is 1. The van der Waals surface area contributed by atoms with E-state index in [-0.39, 0.29) is 6.61 Å². The second kappa shape index (κ2) is 6.23. The molecule has 1 rings (SSSR count). The van der Waals surface area contributed by atoms with Crippen molar-refractivity contribution in [3.8, 4) is 0 Å². The topological polar surface area (TPSA) is 59.4 Å². The quantitative estimate of drug-likeness (QED) is 0.771. The van der Waals surface area contributed by atoms with Gasteiger partial charge in [-0.3, -0.25) is 4.98 Å². The molecule has 0 aliphatic rings. The molecular formula is C12H17NO3. The molecule has 0 saturated carbocycles. The number of ether oxygens (including phenoxy) is 1. The van der Waals surface area contributed by atoms with Crippen molar-refractivity contribution in [2.24, 2.45) is 0 Å². The number of aliphatic hydroxyl groups excluding tert-OH is 1. The lowest BCUT2D eigenvalue weighted by Crippen LogP contribution is -2.16. The number of hydrogen-bond donors (Lipinski definition) is 1. The molecule has 0 aromatic carbocycles. The Balaban J connectivity index is 2.78. The Bertz CT molecular complexity index is 352. The Kier molecular flexibility index (Phi) is 4.92. The fraction of sp³-hybridized carbons (Fsp3) is 0.500. The average molecular weight is 223 g/mol. The molecule has 0 radical (unpaired) electrons. The van der Waals surface area contributed by atoms with Crippen molar-refractivity contribution in [2.75, 3.05) is 6.61 Å². The van der Waals surface area contributed by atoms with E-state index in [1.807, 2.05) is 6.07 Å². The number of esters is 1. The van der Waals surface area contributed by atoms with Crippen LogP contribution in [-0.2, 0) is 16.0 Å². The van der Waals surface area contributed by atoms with Crippen LogP contribution in [-0.4, -0.2) is 22.7 Å². The number of aliphatic hydroxyl groups is 1. The number of aromatic nitrogens is 1. The van der Waals surface area contributed by atoms with Gasteiger partial charge in [0.25, 0.3) is 0 Å². The third kappa shape index (κ3) is 3.31. The number of aryl methyl sites for hydroxylation is 1. The molecule has 1 aromatic heterocycles. The predicted molar refractivity (Wildman–Crippen MR) is 59.8 cm³/mol. The molecule has 0 amide bonds. The number of rotatable bonds is 5. The summed E-state index contributed by atoms with van der Waals surface area (Å²) in [6.07, 6.45) is 0.534. The van der Waals surface area contributed by atoms with Gasteiger partial charge in [0.1, 0.15) is 0 Å². The van der Waals surface area contributed by atoms with Crippen molar-refractivity contribution in [2.45, 2.75) is 32.8 Å². The Morgan fingerprint density at radius 3 is 2.88 bits per heavy atom. The van der Waals surface area contributed by atoms with E-state index in [2.05, 4.69) is 11.9 Å². The van der Waals surface area contributed by atoms with Crippen molar-refractivity contribution in [1.82, 2.24) is 4.98 Å². The van der Waals surface area contributed by atoms with Crippen LogP contribution in [0.5, 0.6) is 0 Å². The van der Waals surface area contributed by atoms with Gasteiger partial charge in [0.15, 0.2) is 6.10 Å². The number of hydrogen-bond acceptors (Lipinski definition) is 4. The van der Waals surface area contributed by atoms with Crippen LogP contribution in [0.2, 0.25) is 0 Å². The molecule has 88 valence electrons. The van der Waals surface area contributed by atoms with Crippen LogP contribution >= 0.6 is 0 Å². The molecule has 0 aliphatic heterocycles. The molecule has 0 aliphatic carbocycles. The molecule has 16 heavy (non-hydrogen) atoms. The van der Waals surface area contributed by atoms with Gasteiger partial charge in [0.2, 0.25) is 0 Å². The standard InChI is InChI=1S/C12H17NO3/c1-3-6-9-7-5-8-10(13-9)11(14)12(15)16-4-2/h5,7-8,11,14H,3-4,6H2,1-2H3. The molecule has 1 atom stereocenters. The zero-order chi connectivity index (χ0) is 12.0. The number of pyridine rings is 1. The molecule has 0 saturated heterocycles. The molecule has 1 aromatic rings. The highest BCUT2D eigenvalue weighted by atomic mass is 16.5. The minimum atomic E-state index is -1.28. The summed E-state index contributed by atoms with van der Waals surface area (Å²) in [4.78, 5) is 15.5. The summed E-state index contributed by atoms with van der Waals surface area (Å²) in [5.41, 5.74) is 1.23. The Morgan fingerprint density at radius 2 is 2.25 bits per heavy atom. The summed E-state index contributed by atoms with van der Waals surface area (Å²) in [7, 11) is 0. The van der Waals surface area contributed by atoms with Crippen molar-refractivity contribution in [3.63, 3.8) is 0 Å². The van der Waals surface area contributed by atoms with E-state index in [1.165, 1.54) is 0 Å². The Labute approximate surface area is 95.3 Å². The second-order valence-electron chi connectivity index (χ2n) is 3.46. The van der Waals surface area contributed by atoms with Gasteiger partial charge in [-0.1, -0.05) is 19.4 Å². The zero-order valence-corrected chi connectivity index (χ0v) is 9.64. The fourth-order valence-corrected chi connectivity index (χ4v) is 1.39. The molecule has 0 fully saturated rings. The van der Waals surface area contributed by atoms with Gasteiger partial charge in [-0.15, -0.1) is 0 Å².